The van der Waals surface area contributed by atoms with Crippen molar-refractivity contribution in [1.82, 2.24) is 4.90 Å². The van der Waals surface area contributed by atoms with Crippen LogP contribution in [0.5, 0.6) is 0 Å². The fourth-order valence-electron chi connectivity index (χ4n) is 2.44. The minimum atomic E-state index is -0.880. The van der Waals surface area contributed by atoms with Crippen LogP contribution >= 0.6 is 15.9 Å². The average molecular weight is 312 g/mol. The van der Waals surface area contributed by atoms with Crippen LogP contribution in [0.4, 0.5) is 0 Å². The zero-order chi connectivity index (χ0) is 13.1. The van der Waals surface area contributed by atoms with Crippen molar-refractivity contribution in [2.45, 2.75) is 26.3 Å². The van der Waals surface area contributed by atoms with Crippen molar-refractivity contribution in [3.8, 4) is 0 Å². The molecule has 1 aromatic carbocycles. The first-order chi connectivity index (χ1) is 8.60. The van der Waals surface area contributed by atoms with Crippen LogP contribution in [0.1, 0.15) is 35.7 Å². The molecule has 4 heteroatoms. The molecule has 2 rings (SSSR count). The Morgan fingerprint density at radius 2 is 2.33 bits per heavy atom. The van der Waals surface area contributed by atoms with E-state index in [2.05, 4.69) is 27.8 Å². The van der Waals surface area contributed by atoms with E-state index in [0.717, 1.165) is 35.6 Å². The Balaban J connectivity index is 2.04. The van der Waals surface area contributed by atoms with Crippen LogP contribution < -0.4 is 0 Å². The second-order valence-corrected chi connectivity index (χ2v) is 5.76. The second-order valence-electron chi connectivity index (χ2n) is 4.91. The number of halogens is 1. The number of hydrogen-bond acceptors (Lipinski definition) is 2. The largest absolute Gasteiger partial charge is 0.478 e. The maximum atomic E-state index is 10.9. The molecule has 98 valence electrons. The third kappa shape index (κ3) is 3.12. The van der Waals surface area contributed by atoms with Crippen LogP contribution in [0, 0.1) is 5.92 Å². The van der Waals surface area contributed by atoms with Gasteiger partial charge in [0.05, 0.1) is 5.56 Å². The number of aromatic carboxylic acids is 1. The first-order valence-electron chi connectivity index (χ1n) is 6.34. The van der Waals surface area contributed by atoms with Gasteiger partial charge in [-0.25, -0.2) is 4.79 Å². The predicted molar refractivity (Wildman–Crippen MR) is 74.8 cm³/mol. The molecular formula is C14H18BrNO2. The van der Waals surface area contributed by atoms with Gasteiger partial charge in [0.1, 0.15) is 0 Å². The van der Waals surface area contributed by atoms with E-state index >= 15 is 0 Å². The number of carboxylic acid groups (broad SMARTS) is 1. The standard InChI is InChI=1S/C14H18BrNO2/c1-2-10-5-6-16(8-10)9-12-4-3-11(14(17)18)7-13(12)15/h3-4,7,10H,2,5-6,8-9H2,1H3,(H,17,18). The van der Waals surface area contributed by atoms with Crippen molar-refractivity contribution in [1.29, 1.82) is 0 Å². The number of nitrogens with zero attached hydrogens (tertiary/aromatic N) is 1. The summed E-state index contributed by atoms with van der Waals surface area (Å²) in [7, 11) is 0. The molecule has 0 saturated carbocycles. The highest BCUT2D eigenvalue weighted by Crippen LogP contribution is 2.25. The van der Waals surface area contributed by atoms with Gasteiger partial charge in [0.2, 0.25) is 0 Å². The third-order valence-electron chi connectivity index (χ3n) is 3.64. The molecule has 1 heterocycles. The lowest BCUT2D eigenvalue weighted by molar-refractivity contribution is 0.0697. The summed E-state index contributed by atoms with van der Waals surface area (Å²) in [6.45, 7) is 5.44. The number of carbonyl (C=O) groups is 1. The van der Waals surface area contributed by atoms with Gasteiger partial charge in [-0.05, 0) is 36.6 Å². The van der Waals surface area contributed by atoms with Crippen LogP contribution in [0.25, 0.3) is 0 Å². The molecule has 18 heavy (non-hydrogen) atoms. The van der Waals surface area contributed by atoms with Gasteiger partial charge < -0.3 is 5.11 Å². The molecule has 0 spiro atoms. The topological polar surface area (TPSA) is 40.5 Å². The van der Waals surface area contributed by atoms with E-state index in [-0.39, 0.29) is 0 Å². The van der Waals surface area contributed by atoms with E-state index in [9.17, 15) is 4.79 Å². The highest BCUT2D eigenvalue weighted by Gasteiger charge is 2.21. The third-order valence-corrected chi connectivity index (χ3v) is 4.38. The molecule has 1 fully saturated rings. The monoisotopic (exact) mass is 311 g/mol. The fraction of sp³-hybridized carbons (Fsp3) is 0.500. The first-order valence-corrected chi connectivity index (χ1v) is 7.13. The summed E-state index contributed by atoms with van der Waals surface area (Å²) in [5.74, 6) is -0.0588. The first kappa shape index (κ1) is 13.6. The van der Waals surface area contributed by atoms with Crippen LogP contribution in [-0.4, -0.2) is 29.1 Å². The maximum Gasteiger partial charge on any atom is 0.335 e. The smallest absolute Gasteiger partial charge is 0.335 e. The SMILES string of the molecule is CCC1CCN(Cc2ccc(C(=O)O)cc2Br)C1. The zero-order valence-electron chi connectivity index (χ0n) is 10.5. The predicted octanol–water partition coefficient (Wildman–Crippen LogP) is 3.38. The molecule has 1 aliphatic heterocycles. The number of hydrogen-bond donors (Lipinski definition) is 1. The Hall–Kier alpha value is -0.870. The van der Waals surface area contributed by atoms with Crippen LogP contribution in [0.2, 0.25) is 0 Å². The van der Waals surface area contributed by atoms with Gasteiger partial charge in [-0.3, -0.25) is 4.90 Å². The van der Waals surface area contributed by atoms with E-state index in [1.165, 1.54) is 12.8 Å². The lowest BCUT2D eigenvalue weighted by Gasteiger charge is -2.17. The van der Waals surface area contributed by atoms with Crippen molar-refractivity contribution < 1.29 is 9.90 Å². The van der Waals surface area contributed by atoms with Crippen molar-refractivity contribution >= 4 is 21.9 Å². The second kappa shape index (κ2) is 5.85. The summed E-state index contributed by atoms with van der Waals surface area (Å²) in [6.07, 6.45) is 2.52. The van der Waals surface area contributed by atoms with Crippen molar-refractivity contribution in [3.05, 3.63) is 33.8 Å². The minimum absolute atomic E-state index is 0.332. The Kier molecular flexibility index (Phi) is 4.40. The molecule has 1 aromatic rings. The molecule has 0 amide bonds. The molecule has 0 aromatic heterocycles. The molecule has 0 aliphatic carbocycles. The van der Waals surface area contributed by atoms with Gasteiger partial charge in [-0.2, -0.15) is 0 Å². The number of likely N-dealkylation sites (tertiary alicyclic amines) is 1. The lowest BCUT2D eigenvalue weighted by Crippen LogP contribution is -2.20. The molecule has 1 aliphatic rings. The summed E-state index contributed by atoms with van der Waals surface area (Å²) < 4.78 is 0.891. The van der Waals surface area contributed by atoms with E-state index in [4.69, 9.17) is 5.11 Å². The van der Waals surface area contributed by atoms with Gasteiger partial charge in [0.15, 0.2) is 0 Å². The zero-order valence-corrected chi connectivity index (χ0v) is 12.1. The molecule has 0 radical (unpaired) electrons. The molecule has 1 saturated heterocycles. The van der Waals surface area contributed by atoms with Crippen LogP contribution in [0.15, 0.2) is 22.7 Å². The Labute approximate surface area is 116 Å². The Bertz CT molecular complexity index is 447. The van der Waals surface area contributed by atoms with Gasteiger partial charge in [0.25, 0.3) is 0 Å². The van der Waals surface area contributed by atoms with E-state index in [1.807, 2.05) is 6.07 Å². The van der Waals surface area contributed by atoms with Gasteiger partial charge in [-0.1, -0.05) is 35.3 Å². The minimum Gasteiger partial charge on any atom is -0.478 e. The summed E-state index contributed by atoms with van der Waals surface area (Å²) >= 11 is 3.46. The molecular weight excluding hydrogens is 294 g/mol. The van der Waals surface area contributed by atoms with Crippen molar-refractivity contribution in [3.63, 3.8) is 0 Å². The molecule has 3 nitrogen and oxygen atoms in total. The highest BCUT2D eigenvalue weighted by molar-refractivity contribution is 9.10. The number of rotatable bonds is 4. The lowest BCUT2D eigenvalue weighted by atomic mass is 10.1. The summed E-state index contributed by atoms with van der Waals surface area (Å²) in [6, 6.07) is 5.27. The van der Waals surface area contributed by atoms with Crippen LogP contribution in [0.3, 0.4) is 0 Å². The summed E-state index contributed by atoms with van der Waals surface area (Å²) in [4.78, 5) is 13.3. The molecule has 1 N–H and O–H groups in total. The summed E-state index contributed by atoms with van der Waals surface area (Å²) in [5.41, 5.74) is 1.50. The van der Waals surface area contributed by atoms with Gasteiger partial charge >= 0.3 is 5.97 Å². The molecule has 1 atom stereocenters. The van der Waals surface area contributed by atoms with E-state index in [1.54, 1.807) is 12.1 Å². The maximum absolute atomic E-state index is 10.9. The Morgan fingerprint density at radius 3 is 2.89 bits per heavy atom. The van der Waals surface area contributed by atoms with E-state index in [0.29, 0.717) is 5.56 Å². The van der Waals surface area contributed by atoms with Gasteiger partial charge in [-0.15, -0.1) is 0 Å². The highest BCUT2D eigenvalue weighted by atomic mass is 79.9. The fourth-order valence-corrected chi connectivity index (χ4v) is 2.94. The van der Waals surface area contributed by atoms with Crippen molar-refractivity contribution in [2.24, 2.45) is 5.92 Å². The number of carboxylic acids is 1. The van der Waals surface area contributed by atoms with E-state index < -0.39 is 5.97 Å². The molecule has 0 bridgehead atoms. The van der Waals surface area contributed by atoms with Gasteiger partial charge in [0, 0.05) is 17.6 Å². The average Bonchev–Trinajstić information content (AvgIpc) is 2.79. The van der Waals surface area contributed by atoms with Crippen LogP contribution in [-0.2, 0) is 6.54 Å². The quantitative estimate of drug-likeness (QED) is 0.926. The number of benzene rings is 1. The van der Waals surface area contributed by atoms with Crippen molar-refractivity contribution in [2.75, 3.05) is 13.1 Å². The Morgan fingerprint density at radius 1 is 1.56 bits per heavy atom. The normalized spacial score (nSPS) is 20.2. The molecule has 1 unspecified atom stereocenters. The summed E-state index contributed by atoms with van der Waals surface area (Å²) in [5, 5.41) is 8.92.